The van der Waals surface area contributed by atoms with Crippen molar-refractivity contribution in [3.05, 3.63) is 53.3 Å². The fourth-order valence-corrected chi connectivity index (χ4v) is 1.98. The first kappa shape index (κ1) is 10.4. The molecule has 0 aliphatic rings. The van der Waals surface area contributed by atoms with Gasteiger partial charge in [-0.25, -0.2) is 0 Å². The molecule has 0 aliphatic heterocycles. The smallest absolute Gasteiger partial charge is 0.119 e. The van der Waals surface area contributed by atoms with Gasteiger partial charge in [-0.3, -0.25) is 4.98 Å². The molecule has 3 rings (SSSR count). The molecule has 1 aromatic carbocycles. The number of pyridine rings is 1. The van der Waals surface area contributed by atoms with Gasteiger partial charge in [0.2, 0.25) is 0 Å². The summed E-state index contributed by atoms with van der Waals surface area (Å²) < 4.78 is 1.04. The van der Waals surface area contributed by atoms with Gasteiger partial charge in [-0.15, -0.1) is 5.10 Å². The topological polar surface area (TPSA) is 38.7 Å². The summed E-state index contributed by atoms with van der Waals surface area (Å²) >= 11 is 3.42. The van der Waals surface area contributed by atoms with Crippen LogP contribution in [0.3, 0.4) is 0 Å². The van der Waals surface area contributed by atoms with Crippen molar-refractivity contribution in [2.24, 2.45) is 0 Å². The van der Waals surface area contributed by atoms with Crippen LogP contribution < -0.4 is 0 Å². The number of nitrogens with zero attached hydrogens (tertiary/aromatic N) is 3. The summed E-state index contributed by atoms with van der Waals surface area (Å²) in [6.07, 6.45) is 3.50. The first-order chi connectivity index (χ1) is 8.34. The zero-order valence-electron chi connectivity index (χ0n) is 8.84. The largest absolute Gasteiger partial charge is 0.254 e. The van der Waals surface area contributed by atoms with Crippen LogP contribution in [-0.2, 0) is 0 Å². The molecular weight excluding hydrogens is 278 g/mol. The Morgan fingerprint density at radius 3 is 2.65 bits per heavy atom. The van der Waals surface area contributed by atoms with E-state index in [1.165, 1.54) is 0 Å². The highest BCUT2D eigenvalue weighted by molar-refractivity contribution is 9.10. The Kier molecular flexibility index (Phi) is 2.57. The molecular formula is C13H8BrN3. The van der Waals surface area contributed by atoms with Crippen LogP contribution in [0.2, 0.25) is 0 Å². The van der Waals surface area contributed by atoms with Gasteiger partial charge in [0.05, 0.1) is 11.7 Å². The van der Waals surface area contributed by atoms with Crippen LogP contribution >= 0.6 is 15.9 Å². The van der Waals surface area contributed by atoms with Gasteiger partial charge < -0.3 is 0 Å². The predicted octanol–water partition coefficient (Wildman–Crippen LogP) is 3.45. The second-order valence-electron chi connectivity index (χ2n) is 3.64. The van der Waals surface area contributed by atoms with Gasteiger partial charge in [-0.05, 0) is 24.3 Å². The lowest BCUT2D eigenvalue weighted by atomic mass is 10.1. The maximum atomic E-state index is 4.37. The van der Waals surface area contributed by atoms with Crippen molar-refractivity contribution >= 4 is 26.8 Å². The Hall–Kier alpha value is -1.81. The standard InChI is InChI=1S/C13H8BrN3/c14-11-5-3-9(4-6-11)13-12-10(8-16-17-13)2-1-7-15-12/h1-8H. The molecule has 0 spiro atoms. The number of hydrogen-bond donors (Lipinski definition) is 0. The molecule has 0 radical (unpaired) electrons. The Bertz CT molecular complexity index is 660. The third-order valence-corrected chi connectivity index (χ3v) is 3.06. The molecule has 0 aliphatic carbocycles. The van der Waals surface area contributed by atoms with E-state index in [-0.39, 0.29) is 0 Å². The number of rotatable bonds is 1. The van der Waals surface area contributed by atoms with Crippen LogP contribution in [0, 0.1) is 0 Å². The molecule has 0 N–H and O–H groups in total. The molecule has 4 heteroatoms. The maximum Gasteiger partial charge on any atom is 0.119 e. The van der Waals surface area contributed by atoms with Crippen LogP contribution in [-0.4, -0.2) is 15.2 Å². The zero-order chi connectivity index (χ0) is 11.7. The second-order valence-corrected chi connectivity index (χ2v) is 4.56. The molecule has 82 valence electrons. The monoisotopic (exact) mass is 285 g/mol. The van der Waals surface area contributed by atoms with Gasteiger partial charge in [-0.2, -0.15) is 5.10 Å². The first-order valence-corrected chi connectivity index (χ1v) is 5.96. The average Bonchev–Trinajstić information content (AvgIpc) is 2.39. The van der Waals surface area contributed by atoms with Crippen LogP contribution in [0.25, 0.3) is 22.2 Å². The third kappa shape index (κ3) is 1.91. The molecule has 0 unspecified atom stereocenters. The van der Waals surface area contributed by atoms with Crippen LogP contribution in [0.4, 0.5) is 0 Å². The van der Waals surface area contributed by atoms with Crippen molar-refractivity contribution in [1.29, 1.82) is 0 Å². The fraction of sp³-hybridized carbons (Fsp3) is 0. The summed E-state index contributed by atoms with van der Waals surface area (Å²) in [5.41, 5.74) is 2.71. The molecule has 0 atom stereocenters. The fourth-order valence-electron chi connectivity index (χ4n) is 1.72. The van der Waals surface area contributed by atoms with Crippen molar-refractivity contribution in [2.75, 3.05) is 0 Å². The molecule has 3 aromatic rings. The van der Waals surface area contributed by atoms with Crippen LogP contribution in [0.1, 0.15) is 0 Å². The molecule has 0 saturated carbocycles. The predicted molar refractivity (Wildman–Crippen MR) is 70.5 cm³/mol. The molecule has 0 amide bonds. The minimum absolute atomic E-state index is 0.815. The number of halogens is 1. The van der Waals surface area contributed by atoms with E-state index in [1.54, 1.807) is 12.4 Å². The highest BCUT2D eigenvalue weighted by Crippen LogP contribution is 2.24. The highest BCUT2D eigenvalue weighted by Gasteiger charge is 2.06. The van der Waals surface area contributed by atoms with Gasteiger partial charge >= 0.3 is 0 Å². The van der Waals surface area contributed by atoms with Crippen molar-refractivity contribution in [3.8, 4) is 11.3 Å². The SMILES string of the molecule is Brc1ccc(-c2nncc3cccnc23)cc1. The minimum atomic E-state index is 0.815. The molecule has 2 aromatic heterocycles. The Labute approximate surface area is 107 Å². The minimum Gasteiger partial charge on any atom is -0.254 e. The molecule has 17 heavy (non-hydrogen) atoms. The molecule has 0 saturated heterocycles. The van der Waals surface area contributed by atoms with Crippen LogP contribution in [0.15, 0.2) is 53.3 Å². The van der Waals surface area contributed by atoms with Crippen molar-refractivity contribution in [3.63, 3.8) is 0 Å². The van der Waals surface area contributed by atoms with E-state index in [9.17, 15) is 0 Å². The van der Waals surface area contributed by atoms with Gasteiger partial charge in [0.25, 0.3) is 0 Å². The lowest BCUT2D eigenvalue weighted by Gasteiger charge is -2.03. The van der Waals surface area contributed by atoms with Gasteiger partial charge in [-0.1, -0.05) is 28.1 Å². The number of hydrogen-bond acceptors (Lipinski definition) is 3. The van der Waals surface area contributed by atoms with E-state index in [1.807, 2.05) is 36.4 Å². The van der Waals surface area contributed by atoms with Gasteiger partial charge in [0.15, 0.2) is 0 Å². The normalized spacial score (nSPS) is 10.6. The van der Waals surface area contributed by atoms with Crippen molar-refractivity contribution in [2.45, 2.75) is 0 Å². The molecule has 3 nitrogen and oxygen atoms in total. The first-order valence-electron chi connectivity index (χ1n) is 5.17. The van der Waals surface area contributed by atoms with E-state index >= 15 is 0 Å². The van der Waals surface area contributed by atoms with E-state index in [4.69, 9.17) is 0 Å². The van der Waals surface area contributed by atoms with Gasteiger partial charge in [0, 0.05) is 21.6 Å². The van der Waals surface area contributed by atoms with E-state index < -0.39 is 0 Å². The van der Waals surface area contributed by atoms with E-state index in [0.717, 1.165) is 26.6 Å². The van der Waals surface area contributed by atoms with Crippen LogP contribution in [0.5, 0.6) is 0 Å². The number of fused-ring (bicyclic) bond motifs is 1. The summed E-state index contributed by atoms with van der Waals surface area (Å²) in [5.74, 6) is 0. The molecule has 2 heterocycles. The second kappa shape index (κ2) is 4.22. The average molecular weight is 286 g/mol. The highest BCUT2D eigenvalue weighted by atomic mass is 79.9. The molecule has 0 bridgehead atoms. The summed E-state index contributed by atoms with van der Waals surface area (Å²) in [7, 11) is 0. The Morgan fingerprint density at radius 2 is 1.82 bits per heavy atom. The summed E-state index contributed by atoms with van der Waals surface area (Å²) in [6.45, 7) is 0. The van der Waals surface area contributed by atoms with E-state index in [0.29, 0.717) is 0 Å². The summed E-state index contributed by atoms with van der Waals surface area (Å²) in [6, 6.07) is 11.9. The lowest BCUT2D eigenvalue weighted by Crippen LogP contribution is -1.91. The summed E-state index contributed by atoms with van der Waals surface area (Å²) in [4.78, 5) is 4.37. The van der Waals surface area contributed by atoms with Crippen molar-refractivity contribution < 1.29 is 0 Å². The number of benzene rings is 1. The Morgan fingerprint density at radius 1 is 1.00 bits per heavy atom. The zero-order valence-corrected chi connectivity index (χ0v) is 10.4. The maximum absolute atomic E-state index is 4.37. The van der Waals surface area contributed by atoms with Gasteiger partial charge in [0.1, 0.15) is 5.69 Å². The lowest BCUT2D eigenvalue weighted by molar-refractivity contribution is 1.05. The Balaban J connectivity index is 2.27. The van der Waals surface area contributed by atoms with Crippen molar-refractivity contribution in [1.82, 2.24) is 15.2 Å². The summed E-state index contributed by atoms with van der Waals surface area (Å²) in [5, 5.41) is 9.19. The quantitative estimate of drug-likeness (QED) is 0.687. The third-order valence-electron chi connectivity index (χ3n) is 2.54. The number of aromatic nitrogens is 3. The van der Waals surface area contributed by atoms with E-state index in [2.05, 4.69) is 31.1 Å². The molecule has 0 fully saturated rings.